The van der Waals surface area contributed by atoms with Gasteiger partial charge in [-0.1, -0.05) is 19.1 Å². The summed E-state index contributed by atoms with van der Waals surface area (Å²) in [5, 5.41) is 3.44. The van der Waals surface area contributed by atoms with Crippen LogP contribution in [-0.4, -0.2) is 26.2 Å². The van der Waals surface area contributed by atoms with Crippen LogP contribution in [0.1, 0.15) is 41.6 Å². The summed E-state index contributed by atoms with van der Waals surface area (Å²) in [6.45, 7) is 4.45. The Hall–Kier alpha value is -1.35. The van der Waals surface area contributed by atoms with E-state index in [0.717, 1.165) is 13.1 Å². The molecule has 0 bridgehead atoms. The average molecular weight is 247 g/mol. The van der Waals surface area contributed by atoms with Crippen LogP contribution in [0.25, 0.3) is 0 Å². The maximum atomic E-state index is 11.5. The van der Waals surface area contributed by atoms with E-state index < -0.39 is 0 Å². The van der Waals surface area contributed by atoms with Gasteiger partial charge in [0.1, 0.15) is 0 Å². The molecule has 0 aliphatic carbocycles. The molecule has 1 aromatic rings. The largest absolute Gasteiger partial charge is 0.465 e. The standard InChI is InChI=1S/C15H21NO2/c1-11(14-7-4-8-16-10-14)12-5-3-6-13(9-12)15(17)18-2/h3,5-6,9,11,14,16H,4,7-8,10H2,1-2H3. The number of esters is 1. The molecular formula is C15H21NO2. The van der Waals surface area contributed by atoms with Gasteiger partial charge < -0.3 is 10.1 Å². The van der Waals surface area contributed by atoms with Gasteiger partial charge in [0.15, 0.2) is 0 Å². The summed E-state index contributed by atoms with van der Waals surface area (Å²) in [6.07, 6.45) is 2.50. The van der Waals surface area contributed by atoms with Gasteiger partial charge in [0.2, 0.25) is 0 Å². The van der Waals surface area contributed by atoms with Crippen LogP contribution >= 0.6 is 0 Å². The first-order valence-electron chi connectivity index (χ1n) is 6.61. The van der Waals surface area contributed by atoms with E-state index in [9.17, 15) is 4.79 Å². The number of ether oxygens (including phenoxy) is 1. The Morgan fingerprint density at radius 2 is 2.33 bits per heavy atom. The lowest BCUT2D eigenvalue weighted by atomic mass is 9.82. The summed E-state index contributed by atoms with van der Waals surface area (Å²) in [6, 6.07) is 7.81. The molecule has 0 amide bonds. The number of hydrogen-bond acceptors (Lipinski definition) is 3. The van der Waals surface area contributed by atoms with Crippen molar-refractivity contribution < 1.29 is 9.53 Å². The second-order valence-corrected chi connectivity index (χ2v) is 5.01. The molecule has 1 saturated heterocycles. The summed E-state index contributed by atoms with van der Waals surface area (Å²) < 4.78 is 4.77. The monoisotopic (exact) mass is 247 g/mol. The highest BCUT2D eigenvalue weighted by molar-refractivity contribution is 5.89. The Labute approximate surface area is 109 Å². The van der Waals surface area contributed by atoms with Crippen molar-refractivity contribution in [2.24, 2.45) is 5.92 Å². The third-order valence-electron chi connectivity index (χ3n) is 3.88. The number of carbonyl (C=O) groups excluding carboxylic acids is 1. The maximum absolute atomic E-state index is 11.5. The van der Waals surface area contributed by atoms with E-state index >= 15 is 0 Å². The highest BCUT2D eigenvalue weighted by atomic mass is 16.5. The number of hydrogen-bond donors (Lipinski definition) is 1. The van der Waals surface area contributed by atoms with E-state index in [1.54, 1.807) is 6.07 Å². The Morgan fingerprint density at radius 3 is 3.00 bits per heavy atom. The van der Waals surface area contributed by atoms with Gasteiger partial charge in [-0.3, -0.25) is 0 Å². The first-order valence-corrected chi connectivity index (χ1v) is 6.61. The number of rotatable bonds is 3. The molecule has 3 heteroatoms. The molecule has 0 saturated carbocycles. The summed E-state index contributed by atoms with van der Waals surface area (Å²) in [5.74, 6) is 0.875. The zero-order valence-electron chi connectivity index (χ0n) is 11.1. The Bertz CT molecular complexity index is 411. The molecule has 1 aromatic carbocycles. The summed E-state index contributed by atoms with van der Waals surface area (Å²) in [7, 11) is 1.42. The molecule has 98 valence electrons. The first kappa shape index (κ1) is 13.1. The molecule has 0 radical (unpaired) electrons. The predicted molar refractivity (Wildman–Crippen MR) is 71.8 cm³/mol. The SMILES string of the molecule is COC(=O)c1cccc(C(C)C2CCCNC2)c1. The molecule has 3 nitrogen and oxygen atoms in total. The molecule has 1 aliphatic heterocycles. The summed E-state index contributed by atoms with van der Waals surface area (Å²) >= 11 is 0. The van der Waals surface area contributed by atoms with Crippen LogP contribution in [0.15, 0.2) is 24.3 Å². The van der Waals surface area contributed by atoms with Crippen LogP contribution < -0.4 is 5.32 Å². The van der Waals surface area contributed by atoms with Gasteiger partial charge in [-0.15, -0.1) is 0 Å². The minimum absolute atomic E-state index is 0.259. The van der Waals surface area contributed by atoms with E-state index in [0.29, 0.717) is 17.4 Å². The van der Waals surface area contributed by atoms with Crippen LogP contribution in [0.4, 0.5) is 0 Å². The number of nitrogens with one attached hydrogen (secondary N) is 1. The lowest BCUT2D eigenvalue weighted by Gasteiger charge is -2.28. The van der Waals surface area contributed by atoms with E-state index in [4.69, 9.17) is 4.74 Å². The Balaban J connectivity index is 2.14. The van der Waals surface area contributed by atoms with Gasteiger partial charge in [-0.2, -0.15) is 0 Å². The van der Waals surface area contributed by atoms with Crippen LogP contribution in [0.5, 0.6) is 0 Å². The zero-order valence-corrected chi connectivity index (χ0v) is 11.1. The fraction of sp³-hybridized carbons (Fsp3) is 0.533. The molecular weight excluding hydrogens is 226 g/mol. The van der Waals surface area contributed by atoms with Crippen molar-refractivity contribution in [3.63, 3.8) is 0 Å². The van der Waals surface area contributed by atoms with Crippen LogP contribution in [0.3, 0.4) is 0 Å². The van der Waals surface area contributed by atoms with Crippen molar-refractivity contribution in [1.29, 1.82) is 0 Å². The predicted octanol–water partition coefficient (Wildman–Crippen LogP) is 2.58. The van der Waals surface area contributed by atoms with E-state index in [1.165, 1.54) is 25.5 Å². The highest BCUT2D eigenvalue weighted by Gasteiger charge is 2.21. The number of methoxy groups -OCH3 is 1. The normalized spacial score (nSPS) is 21.3. The zero-order chi connectivity index (χ0) is 13.0. The molecule has 18 heavy (non-hydrogen) atoms. The van der Waals surface area contributed by atoms with Crippen molar-refractivity contribution in [2.75, 3.05) is 20.2 Å². The van der Waals surface area contributed by atoms with Gasteiger partial charge in [0, 0.05) is 0 Å². The second kappa shape index (κ2) is 6.01. The van der Waals surface area contributed by atoms with Crippen molar-refractivity contribution in [3.05, 3.63) is 35.4 Å². The maximum Gasteiger partial charge on any atom is 0.337 e. The van der Waals surface area contributed by atoms with Crippen molar-refractivity contribution >= 4 is 5.97 Å². The Kier molecular flexibility index (Phi) is 4.37. The quantitative estimate of drug-likeness (QED) is 0.834. The molecule has 1 N–H and O–H groups in total. The minimum atomic E-state index is -0.259. The lowest BCUT2D eigenvalue weighted by Crippen LogP contribution is -2.32. The topological polar surface area (TPSA) is 38.3 Å². The number of benzene rings is 1. The van der Waals surface area contributed by atoms with E-state index in [2.05, 4.69) is 18.3 Å². The minimum Gasteiger partial charge on any atom is -0.465 e. The average Bonchev–Trinajstić information content (AvgIpc) is 2.46. The molecule has 0 aromatic heterocycles. The smallest absolute Gasteiger partial charge is 0.337 e. The third-order valence-corrected chi connectivity index (χ3v) is 3.88. The molecule has 2 atom stereocenters. The molecule has 1 fully saturated rings. The van der Waals surface area contributed by atoms with Gasteiger partial charge in [-0.25, -0.2) is 4.79 Å². The fourth-order valence-corrected chi connectivity index (χ4v) is 2.64. The van der Waals surface area contributed by atoms with E-state index in [1.807, 2.05) is 12.1 Å². The van der Waals surface area contributed by atoms with Gasteiger partial charge in [-0.05, 0) is 55.5 Å². The summed E-state index contributed by atoms with van der Waals surface area (Å²) in [4.78, 5) is 11.5. The lowest BCUT2D eigenvalue weighted by molar-refractivity contribution is 0.0600. The van der Waals surface area contributed by atoms with Crippen molar-refractivity contribution in [2.45, 2.75) is 25.7 Å². The van der Waals surface area contributed by atoms with Crippen LogP contribution in [0.2, 0.25) is 0 Å². The summed E-state index contributed by atoms with van der Waals surface area (Å²) in [5.41, 5.74) is 1.87. The number of piperidine rings is 1. The molecule has 0 spiro atoms. The van der Waals surface area contributed by atoms with Crippen molar-refractivity contribution in [3.8, 4) is 0 Å². The highest BCUT2D eigenvalue weighted by Crippen LogP contribution is 2.29. The van der Waals surface area contributed by atoms with Gasteiger partial charge in [0.05, 0.1) is 12.7 Å². The van der Waals surface area contributed by atoms with Gasteiger partial charge in [0.25, 0.3) is 0 Å². The van der Waals surface area contributed by atoms with Crippen molar-refractivity contribution in [1.82, 2.24) is 5.32 Å². The molecule has 2 unspecified atom stereocenters. The van der Waals surface area contributed by atoms with E-state index in [-0.39, 0.29) is 5.97 Å². The van der Waals surface area contributed by atoms with Crippen LogP contribution in [0, 0.1) is 5.92 Å². The Morgan fingerprint density at radius 1 is 1.50 bits per heavy atom. The second-order valence-electron chi connectivity index (χ2n) is 5.01. The number of carbonyl (C=O) groups is 1. The molecule has 1 heterocycles. The van der Waals surface area contributed by atoms with Crippen LogP contribution in [-0.2, 0) is 4.74 Å². The molecule has 2 rings (SSSR count). The fourth-order valence-electron chi connectivity index (χ4n) is 2.64. The third kappa shape index (κ3) is 2.91. The molecule has 1 aliphatic rings. The first-order chi connectivity index (χ1) is 8.72. The van der Waals surface area contributed by atoms with Gasteiger partial charge >= 0.3 is 5.97 Å².